The van der Waals surface area contributed by atoms with E-state index in [4.69, 9.17) is 9.47 Å². The van der Waals surface area contributed by atoms with Gasteiger partial charge in [0.25, 0.3) is 0 Å². The first-order valence-electron chi connectivity index (χ1n) is 8.54. The van der Waals surface area contributed by atoms with Crippen molar-refractivity contribution in [3.05, 3.63) is 23.8 Å². The third kappa shape index (κ3) is 4.42. The van der Waals surface area contributed by atoms with Crippen LogP contribution >= 0.6 is 0 Å². The smallest absolute Gasteiger partial charge is 1.00 e. The van der Waals surface area contributed by atoms with Gasteiger partial charge in [-0.15, -0.1) is 0 Å². The molecule has 0 aromatic heterocycles. The molecule has 1 saturated heterocycles. The molecule has 2 rings (SSSR count). The number of ether oxygens (including phenoxy) is 2. The molecule has 1 fully saturated rings. The van der Waals surface area contributed by atoms with Crippen LogP contribution in [-0.2, 0) is 4.74 Å². The minimum atomic E-state index is -1.43. The summed E-state index contributed by atoms with van der Waals surface area (Å²) < 4.78 is 12.0. The van der Waals surface area contributed by atoms with Crippen LogP contribution in [0.3, 0.4) is 0 Å². The monoisotopic (exact) mass is 314 g/mol. The number of benzene rings is 1. The van der Waals surface area contributed by atoms with Gasteiger partial charge in [-0.1, -0.05) is 56.6 Å². The quantitative estimate of drug-likeness (QED) is 0.745. The summed E-state index contributed by atoms with van der Waals surface area (Å²) in [6, 6.07) is 10.6. The van der Waals surface area contributed by atoms with Crippen LogP contribution < -0.4 is 28.8 Å². The zero-order valence-electron chi connectivity index (χ0n) is 16.1. The van der Waals surface area contributed by atoms with Gasteiger partial charge in [-0.3, -0.25) is 0 Å². The molecule has 0 spiro atoms. The summed E-state index contributed by atoms with van der Waals surface area (Å²) in [5.74, 6) is 1.09. The van der Waals surface area contributed by atoms with E-state index in [-0.39, 0.29) is 26.6 Å². The molecule has 0 saturated carbocycles. The third-order valence-electron chi connectivity index (χ3n) is 5.13. The van der Waals surface area contributed by atoms with Crippen LogP contribution in [0.15, 0.2) is 18.2 Å². The fraction of sp³-hybridized carbons (Fsp3) is 0.667. The molecule has 1 aromatic rings. The molecular weight excluding hydrogens is 283 g/mol. The summed E-state index contributed by atoms with van der Waals surface area (Å²) >= 11 is 0. The zero-order valence-corrected chi connectivity index (χ0v) is 16.1. The van der Waals surface area contributed by atoms with Gasteiger partial charge < -0.3 is 10.9 Å². The van der Waals surface area contributed by atoms with E-state index in [1.54, 1.807) is 0 Å². The normalized spacial score (nSPS) is 18.6. The van der Waals surface area contributed by atoms with E-state index in [2.05, 4.69) is 45.9 Å². The molecule has 120 valence electrons. The maximum absolute atomic E-state index is 6.27. The van der Waals surface area contributed by atoms with Crippen molar-refractivity contribution in [2.24, 2.45) is 0 Å². The molecule has 22 heavy (non-hydrogen) atoms. The molecule has 1 atom stereocenters. The molecule has 2 nitrogen and oxygen atoms in total. The predicted molar refractivity (Wildman–Crippen MR) is 93.3 cm³/mol. The van der Waals surface area contributed by atoms with Crippen LogP contribution in [-0.4, -0.2) is 21.0 Å². The summed E-state index contributed by atoms with van der Waals surface area (Å²) in [6.07, 6.45) is 3.35. The number of hydrogen-bond donors (Lipinski definition) is 0. The maximum Gasteiger partial charge on any atom is 1.00 e. The Bertz CT molecular complexity index is 452. The number of hydrogen-bond acceptors (Lipinski definition) is 2. The molecule has 1 aromatic carbocycles. The van der Waals surface area contributed by atoms with Crippen molar-refractivity contribution in [2.45, 2.75) is 71.4 Å². The molecule has 0 aliphatic carbocycles. The van der Waals surface area contributed by atoms with E-state index in [0.29, 0.717) is 0 Å². The van der Waals surface area contributed by atoms with Crippen LogP contribution in [0.2, 0.25) is 18.1 Å². The first-order chi connectivity index (χ1) is 10.1. The van der Waals surface area contributed by atoms with E-state index < -0.39 is 8.07 Å². The fourth-order valence-corrected chi connectivity index (χ4v) is 7.27. The van der Waals surface area contributed by atoms with Crippen molar-refractivity contribution in [1.82, 2.24) is 0 Å². The first kappa shape index (κ1) is 19.8. The van der Waals surface area contributed by atoms with Crippen LogP contribution in [0, 0.1) is 6.92 Å². The maximum atomic E-state index is 6.27. The Hall–Kier alpha value is -0.206. The predicted octanol–water partition coefficient (Wildman–Crippen LogP) is 1.73. The first-order valence-corrected chi connectivity index (χ1v) is 11.2. The van der Waals surface area contributed by atoms with Gasteiger partial charge in [0.05, 0.1) is 14.7 Å². The molecule has 1 aliphatic rings. The zero-order chi connectivity index (χ0) is 15.3. The summed E-state index contributed by atoms with van der Waals surface area (Å²) in [4.78, 5) is 0. The third-order valence-corrected chi connectivity index (χ3v) is 10.7. The number of aryl methyl sites for hydroxylation is 1. The van der Waals surface area contributed by atoms with E-state index in [1.807, 2.05) is 0 Å². The van der Waals surface area contributed by atoms with Crippen molar-refractivity contribution in [3.8, 4) is 5.75 Å². The second-order valence-corrected chi connectivity index (χ2v) is 11.5. The summed E-state index contributed by atoms with van der Waals surface area (Å²) in [5, 5.41) is 1.50. The van der Waals surface area contributed by atoms with Crippen molar-refractivity contribution < 1.29 is 29.8 Å². The van der Waals surface area contributed by atoms with Crippen LogP contribution in [0.5, 0.6) is 5.75 Å². The Morgan fingerprint density at radius 1 is 1.18 bits per heavy atom. The molecule has 4 heteroatoms. The second-order valence-electron chi connectivity index (χ2n) is 6.25. The van der Waals surface area contributed by atoms with Crippen molar-refractivity contribution in [3.63, 3.8) is 0 Å². The average Bonchev–Trinajstić information content (AvgIpc) is 2.53. The molecule has 0 bridgehead atoms. The largest absolute Gasteiger partial charge is 1.00 e. The van der Waals surface area contributed by atoms with Gasteiger partial charge in [0, 0.05) is 6.42 Å². The fourth-order valence-electron chi connectivity index (χ4n) is 3.43. The van der Waals surface area contributed by atoms with Gasteiger partial charge in [0.2, 0.25) is 0 Å². The molecule has 1 heterocycles. The van der Waals surface area contributed by atoms with Gasteiger partial charge in [-0.2, -0.15) is 0 Å². The Kier molecular flexibility index (Phi) is 8.28. The van der Waals surface area contributed by atoms with Gasteiger partial charge in [-0.25, -0.2) is 0 Å². The van der Waals surface area contributed by atoms with Crippen molar-refractivity contribution >= 4 is 13.3 Å². The Morgan fingerprint density at radius 3 is 2.41 bits per heavy atom. The summed E-state index contributed by atoms with van der Waals surface area (Å²) in [7, 11) is -1.43. The SMILES string of the molecule is CC[Si](CC)(CC)c1cc(C)ccc1OC1CCCCO1.[H-].[Li+]. The van der Waals surface area contributed by atoms with Crippen LogP contribution in [0.4, 0.5) is 0 Å². The van der Waals surface area contributed by atoms with Crippen molar-refractivity contribution in [1.29, 1.82) is 0 Å². The van der Waals surface area contributed by atoms with Gasteiger partial charge in [-0.05, 0) is 31.0 Å². The summed E-state index contributed by atoms with van der Waals surface area (Å²) in [6.45, 7) is 10.1. The van der Waals surface area contributed by atoms with E-state index in [1.165, 1.54) is 35.3 Å². The molecule has 0 radical (unpaired) electrons. The summed E-state index contributed by atoms with van der Waals surface area (Å²) in [5.41, 5.74) is 1.34. The minimum Gasteiger partial charge on any atom is -1.00 e. The van der Waals surface area contributed by atoms with Crippen LogP contribution in [0.25, 0.3) is 0 Å². The van der Waals surface area contributed by atoms with Crippen LogP contribution in [0.1, 0.15) is 47.0 Å². The van der Waals surface area contributed by atoms with Gasteiger partial charge in [0.1, 0.15) is 5.75 Å². The topological polar surface area (TPSA) is 18.5 Å². The molecular formula is C18H31LiO2Si. The Labute approximate surface area is 150 Å². The average molecular weight is 314 g/mol. The Balaban J connectivity index is 0.00000242. The molecule has 1 aliphatic heterocycles. The van der Waals surface area contributed by atoms with Gasteiger partial charge >= 0.3 is 18.9 Å². The van der Waals surface area contributed by atoms with Gasteiger partial charge in [0.15, 0.2) is 6.29 Å². The molecule has 0 amide bonds. The van der Waals surface area contributed by atoms with Crippen molar-refractivity contribution in [2.75, 3.05) is 6.61 Å². The number of rotatable bonds is 6. The molecule has 0 N–H and O–H groups in total. The Morgan fingerprint density at radius 2 is 1.86 bits per heavy atom. The minimum absolute atomic E-state index is 0. The second kappa shape index (κ2) is 9.18. The standard InChI is InChI=1S/C18H30O2Si.Li.H/c1-5-21(6-2,7-3)17-14-15(4)11-12-16(17)20-18-10-8-9-13-19-18;;/h11-12,14,18H,5-10,13H2,1-4H3;;/q;+1;-1. The van der Waals surface area contributed by atoms with E-state index in [9.17, 15) is 0 Å². The van der Waals surface area contributed by atoms with E-state index in [0.717, 1.165) is 25.2 Å². The van der Waals surface area contributed by atoms with E-state index >= 15 is 0 Å². The molecule has 1 unspecified atom stereocenters.